The summed E-state index contributed by atoms with van der Waals surface area (Å²) in [7, 11) is 0. The largest absolute Gasteiger partial charge is 0.457 e. The normalized spacial score (nSPS) is 41.3. The maximum absolute atomic E-state index is 14.0. The molecule has 0 spiro atoms. The second kappa shape index (κ2) is 37.4. The number of aliphatic hydroxyl groups excluding tert-OH is 9. The smallest absolute Gasteiger partial charge is 0.306 e. The van der Waals surface area contributed by atoms with Crippen LogP contribution in [0.25, 0.3) is 0 Å². The first kappa shape index (κ1) is 73.7. The van der Waals surface area contributed by atoms with Gasteiger partial charge in [0.1, 0.15) is 79.4 Å². The molecule has 0 aromatic heterocycles. The van der Waals surface area contributed by atoms with E-state index in [9.17, 15) is 60.3 Å². The monoisotopic (exact) mass is 1250 g/mol. The summed E-state index contributed by atoms with van der Waals surface area (Å²) in [5.74, 6) is -2.10. The molecule has 9 N–H and O–H groups in total. The number of carbonyl (C=O) groups is 3. The van der Waals surface area contributed by atoms with Crippen molar-refractivity contribution >= 4 is 17.9 Å². The fourth-order valence-electron chi connectivity index (χ4n) is 12.3. The van der Waals surface area contributed by atoms with Crippen molar-refractivity contribution in [2.75, 3.05) is 6.61 Å². The van der Waals surface area contributed by atoms with E-state index in [4.69, 9.17) is 61.6 Å². The zero-order valence-electron chi connectivity index (χ0n) is 52.5. The van der Waals surface area contributed by atoms with Gasteiger partial charge in [0.2, 0.25) is 0 Å². The summed E-state index contributed by atoms with van der Waals surface area (Å²) in [4.78, 5) is 40.6. The van der Waals surface area contributed by atoms with Gasteiger partial charge in [0.15, 0.2) is 49.8 Å². The molecule has 0 saturated carbocycles. The highest BCUT2D eigenvalue weighted by atomic mass is 16.8. The average molecular weight is 1250 g/mol. The molecule has 0 amide bonds. The van der Waals surface area contributed by atoms with E-state index in [1.165, 1.54) is 27.2 Å². The Hall–Kier alpha value is -2.35. The minimum Gasteiger partial charge on any atom is -0.457 e. The predicted octanol–water partition coefficient (Wildman–Crippen LogP) is 4.06. The highest BCUT2D eigenvalue weighted by molar-refractivity contribution is 5.70. The molecular weight excluding hydrogens is 1140 g/mol. The van der Waals surface area contributed by atoms with Gasteiger partial charge in [-0.2, -0.15) is 0 Å². The summed E-state index contributed by atoms with van der Waals surface area (Å²) < 4.78 is 80.9. The number of fused-ring (bicyclic) bond motifs is 2. The molecular formula is C62H108O25. The highest BCUT2D eigenvalue weighted by Crippen LogP contribution is 2.39. The van der Waals surface area contributed by atoms with Crippen molar-refractivity contribution in [2.24, 2.45) is 0 Å². The molecule has 26 atom stereocenters. The van der Waals surface area contributed by atoms with Crippen LogP contribution in [0, 0.1) is 0 Å². The second-order valence-electron chi connectivity index (χ2n) is 24.9. The topological polar surface area (TPSA) is 353 Å². The SMILES string of the molecule is CCCCCCCCCCCC(=O)O[C@H]1[C@H](O[C@@H]2[C@@H](O)[C@H]3OC(=O)CCCCCCCCC[C@H](CCCCC)O[C@@H]4O[C@H](C)[C@@H](O)[C@H](O)[C@H]4O[C@@H]3O[C@H]2C)O[C@@H](C)[C@H](O[C@@H]2O[C@@H](C)[C@H](OC(=O)CCC)[C@@H](O)[C@H]2O[C@@H]2O[C@H](CO)[C@@H](O)[C@H](O)[C@H]2O)[C@H]1O. The molecule has 0 aliphatic carbocycles. The van der Waals surface area contributed by atoms with E-state index in [0.29, 0.717) is 19.3 Å². The van der Waals surface area contributed by atoms with Crippen molar-refractivity contribution in [3.05, 3.63) is 0 Å². The highest BCUT2D eigenvalue weighted by Gasteiger charge is 2.58. The van der Waals surface area contributed by atoms with E-state index in [-0.39, 0.29) is 25.4 Å². The Morgan fingerprint density at radius 2 is 0.954 bits per heavy atom. The molecule has 25 heteroatoms. The molecule has 6 heterocycles. The van der Waals surface area contributed by atoms with Crippen LogP contribution in [-0.4, -0.2) is 230 Å². The number of carbonyl (C=O) groups excluding carboxylic acids is 3. The summed E-state index contributed by atoms with van der Waals surface area (Å²) in [6, 6.07) is 0. The van der Waals surface area contributed by atoms with Gasteiger partial charge in [-0.15, -0.1) is 0 Å². The molecule has 0 bridgehead atoms. The third-order valence-electron chi connectivity index (χ3n) is 17.7. The lowest BCUT2D eigenvalue weighted by atomic mass is 9.95. The molecule has 0 radical (unpaired) electrons. The Kier molecular flexibility index (Phi) is 31.7. The van der Waals surface area contributed by atoms with E-state index < -0.39 is 178 Å². The first-order valence-electron chi connectivity index (χ1n) is 32.9. The van der Waals surface area contributed by atoms with Crippen LogP contribution in [0.4, 0.5) is 0 Å². The third kappa shape index (κ3) is 21.1. The molecule has 25 nitrogen and oxygen atoms in total. The number of ether oxygens (including phenoxy) is 13. The van der Waals surface area contributed by atoms with Crippen LogP contribution in [0.3, 0.4) is 0 Å². The number of esters is 3. The van der Waals surface area contributed by atoms with E-state index in [1.54, 1.807) is 13.8 Å². The molecule has 0 unspecified atom stereocenters. The molecule has 506 valence electrons. The maximum Gasteiger partial charge on any atom is 0.306 e. The van der Waals surface area contributed by atoms with Crippen LogP contribution in [0.1, 0.15) is 209 Å². The molecule has 6 fully saturated rings. The molecule has 6 aliphatic rings. The van der Waals surface area contributed by atoms with Crippen LogP contribution in [0.15, 0.2) is 0 Å². The predicted molar refractivity (Wildman–Crippen MR) is 308 cm³/mol. The van der Waals surface area contributed by atoms with Gasteiger partial charge in [-0.3, -0.25) is 14.4 Å². The van der Waals surface area contributed by atoms with Gasteiger partial charge in [0.05, 0.1) is 37.1 Å². The quantitative estimate of drug-likeness (QED) is 0.0353. The number of hydrogen-bond acceptors (Lipinski definition) is 25. The van der Waals surface area contributed by atoms with Gasteiger partial charge < -0.3 is 108 Å². The van der Waals surface area contributed by atoms with E-state index in [0.717, 1.165) is 116 Å². The Morgan fingerprint density at radius 1 is 0.437 bits per heavy atom. The molecule has 6 aliphatic heterocycles. The maximum atomic E-state index is 14.0. The lowest BCUT2D eigenvalue weighted by Gasteiger charge is -2.50. The zero-order chi connectivity index (χ0) is 63.3. The van der Waals surface area contributed by atoms with Crippen LogP contribution in [0.5, 0.6) is 0 Å². The van der Waals surface area contributed by atoms with Crippen LogP contribution < -0.4 is 0 Å². The van der Waals surface area contributed by atoms with E-state index in [1.807, 2.05) is 0 Å². The lowest BCUT2D eigenvalue weighted by molar-refractivity contribution is -0.395. The summed E-state index contributed by atoms with van der Waals surface area (Å²) >= 11 is 0. The summed E-state index contributed by atoms with van der Waals surface area (Å²) in [5, 5.41) is 102. The number of aliphatic hydroxyl groups is 9. The van der Waals surface area contributed by atoms with E-state index in [2.05, 4.69) is 13.8 Å². The van der Waals surface area contributed by atoms with Crippen molar-refractivity contribution in [1.82, 2.24) is 0 Å². The Balaban J connectivity index is 1.28. The zero-order valence-corrected chi connectivity index (χ0v) is 52.5. The lowest BCUT2D eigenvalue weighted by Crippen LogP contribution is -2.67. The Morgan fingerprint density at radius 3 is 1.61 bits per heavy atom. The minimum absolute atomic E-state index is 0.0113. The third-order valence-corrected chi connectivity index (χ3v) is 17.7. The average Bonchev–Trinajstić information content (AvgIpc) is 1.03. The van der Waals surface area contributed by atoms with Crippen molar-refractivity contribution in [3.8, 4) is 0 Å². The fraction of sp³-hybridized carbons (Fsp3) is 0.952. The van der Waals surface area contributed by atoms with Crippen molar-refractivity contribution in [3.63, 3.8) is 0 Å². The molecule has 0 aromatic carbocycles. The molecule has 6 saturated heterocycles. The fourth-order valence-corrected chi connectivity index (χ4v) is 12.3. The summed E-state index contributed by atoms with van der Waals surface area (Å²) in [6.07, 6.45) is -19.8. The number of unbranched alkanes of at least 4 members (excludes halogenated alkanes) is 10. The second-order valence-corrected chi connectivity index (χ2v) is 24.9. The number of hydrogen-bond donors (Lipinski definition) is 9. The van der Waals surface area contributed by atoms with Gasteiger partial charge in [0, 0.05) is 19.3 Å². The molecule has 6 rings (SSSR count). The first-order chi connectivity index (χ1) is 41.7. The summed E-state index contributed by atoms with van der Waals surface area (Å²) in [5.41, 5.74) is 0. The van der Waals surface area contributed by atoms with E-state index >= 15 is 0 Å². The van der Waals surface area contributed by atoms with Crippen molar-refractivity contribution in [2.45, 2.75) is 369 Å². The van der Waals surface area contributed by atoms with Gasteiger partial charge in [0.25, 0.3) is 0 Å². The molecule has 87 heavy (non-hydrogen) atoms. The minimum atomic E-state index is -1.95. The van der Waals surface area contributed by atoms with Crippen molar-refractivity contribution < 1.29 is 122 Å². The first-order valence-corrected chi connectivity index (χ1v) is 32.9. The molecule has 0 aromatic rings. The Bertz CT molecular complexity index is 1970. The van der Waals surface area contributed by atoms with Crippen LogP contribution >= 0.6 is 0 Å². The van der Waals surface area contributed by atoms with Crippen LogP contribution in [-0.2, 0) is 76.0 Å². The summed E-state index contributed by atoms with van der Waals surface area (Å²) in [6.45, 7) is 11.3. The van der Waals surface area contributed by atoms with Gasteiger partial charge in [-0.05, 0) is 59.8 Å². The van der Waals surface area contributed by atoms with Gasteiger partial charge >= 0.3 is 17.9 Å². The van der Waals surface area contributed by atoms with Gasteiger partial charge in [-0.25, -0.2) is 0 Å². The standard InChI is InChI=1S/C62H108O25/c1-8-11-13-14-15-16-19-22-26-31-41(65)82-55-49(73)53(85-62-57(48(72)51(35(5)76-62)81-40(64)28-10-3)86-58-47(71)45(69)44(68)39(33-63)80-58)36(6)77-60(55)84-52-37(7)78-61-56(50(52)74)83-42(66)32-27-23-20-17-18-21-25-30-38(29-24-12-9-2)79-59-54(87-61)46(70)43(67)34(4)75-59/h34-39,43-63,67-74H,8-33H2,1-7H3/t34-,35+,36+,37+,38+,39-,43-,44-,45+,46+,47-,48-,49-,50-,51+,52+,53+,54-,55-,56-,57-,58+,59+,60+,61+,62+/m1/s1. The van der Waals surface area contributed by atoms with Crippen molar-refractivity contribution in [1.29, 1.82) is 0 Å². The van der Waals surface area contributed by atoms with Gasteiger partial charge in [-0.1, -0.05) is 130 Å². The van der Waals surface area contributed by atoms with Crippen LogP contribution in [0.2, 0.25) is 0 Å². The number of rotatable bonds is 25. The Labute approximate surface area is 513 Å².